The van der Waals surface area contributed by atoms with Crippen LogP contribution in [0, 0.1) is 0 Å². The molecular formula is C16H16Cl2N2O5S2. The second kappa shape index (κ2) is 7.98. The number of fused-ring (bicyclic) bond motifs is 1. The van der Waals surface area contributed by atoms with Crippen LogP contribution >= 0.6 is 35.0 Å². The minimum absolute atomic E-state index is 0.00110. The van der Waals surface area contributed by atoms with E-state index in [0.29, 0.717) is 15.9 Å². The average molecular weight is 451 g/mol. The van der Waals surface area contributed by atoms with Crippen molar-refractivity contribution in [2.24, 2.45) is 4.99 Å². The Morgan fingerprint density at radius 3 is 2.70 bits per heavy atom. The molecule has 2 saturated heterocycles. The number of nitrogens with zero attached hydrogens (tertiary/aromatic N) is 2. The first-order valence-electron chi connectivity index (χ1n) is 8.11. The van der Waals surface area contributed by atoms with Gasteiger partial charge in [0.1, 0.15) is 0 Å². The van der Waals surface area contributed by atoms with Crippen molar-refractivity contribution < 1.29 is 23.1 Å². The summed E-state index contributed by atoms with van der Waals surface area (Å²) in [6.07, 6.45) is 0.0763. The fraction of sp³-hybridized carbons (Fsp3) is 0.438. The van der Waals surface area contributed by atoms with Gasteiger partial charge in [-0.3, -0.25) is 9.59 Å². The van der Waals surface area contributed by atoms with Crippen LogP contribution in [0.2, 0.25) is 10.0 Å². The summed E-state index contributed by atoms with van der Waals surface area (Å²) in [4.78, 5) is 28.5. The van der Waals surface area contributed by atoms with Gasteiger partial charge in [0.2, 0.25) is 5.91 Å². The van der Waals surface area contributed by atoms with Crippen LogP contribution in [0.4, 0.5) is 5.69 Å². The van der Waals surface area contributed by atoms with Crippen molar-refractivity contribution in [2.75, 3.05) is 16.4 Å². The Morgan fingerprint density at radius 2 is 2.00 bits per heavy atom. The van der Waals surface area contributed by atoms with Crippen molar-refractivity contribution in [3.8, 4) is 0 Å². The number of hydrogen-bond donors (Lipinski definition) is 1. The number of amides is 1. The quantitative estimate of drug-likeness (QED) is 0.734. The number of carboxylic acids is 1. The molecule has 2 heterocycles. The lowest BCUT2D eigenvalue weighted by molar-refractivity contribution is -0.137. The fourth-order valence-electron chi connectivity index (χ4n) is 3.08. The number of hydrogen-bond acceptors (Lipinski definition) is 5. The maximum atomic E-state index is 12.2. The number of anilines is 1. The maximum absolute atomic E-state index is 12.2. The SMILES string of the molecule is O=C(O)CCCC(=O)N=C1S[C@H]2CS(=O)(=O)C[C@H]2N1c1cccc(Cl)c1Cl. The predicted octanol–water partition coefficient (Wildman–Crippen LogP) is 2.85. The van der Waals surface area contributed by atoms with Crippen molar-refractivity contribution in [2.45, 2.75) is 30.6 Å². The lowest BCUT2D eigenvalue weighted by Crippen LogP contribution is -2.38. The Labute approximate surface area is 170 Å². The average Bonchev–Trinajstić information content (AvgIpc) is 3.01. The van der Waals surface area contributed by atoms with Crippen molar-refractivity contribution in [3.63, 3.8) is 0 Å². The van der Waals surface area contributed by atoms with Crippen LogP contribution in [0.15, 0.2) is 23.2 Å². The van der Waals surface area contributed by atoms with Crippen molar-refractivity contribution in [1.29, 1.82) is 0 Å². The number of amidine groups is 1. The first kappa shape index (κ1) is 20.4. The molecule has 2 aliphatic rings. The van der Waals surface area contributed by atoms with Gasteiger partial charge in [0.05, 0.1) is 33.3 Å². The van der Waals surface area contributed by atoms with Crippen LogP contribution in [0.5, 0.6) is 0 Å². The minimum atomic E-state index is -3.19. The number of benzene rings is 1. The van der Waals surface area contributed by atoms with Crippen molar-refractivity contribution in [3.05, 3.63) is 28.2 Å². The molecule has 0 spiro atoms. The molecule has 0 saturated carbocycles. The summed E-state index contributed by atoms with van der Waals surface area (Å²) in [5.74, 6) is -1.48. The molecule has 1 N–H and O–H groups in total. The van der Waals surface area contributed by atoms with E-state index in [2.05, 4.69) is 4.99 Å². The van der Waals surface area contributed by atoms with E-state index in [4.69, 9.17) is 28.3 Å². The summed E-state index contributed by atoms with van der Waals surface area (Å²) >= 11 is 13.6. The van der Waals surface area contributed by atoms with Crippen LogP contribution in [-0.4, -0.2) is 53.4 Å². The summed E-state index contributed by atoms with van der Waals surface area (Å²) in [7, 11) is -3.19. The van der Waals surface area contributed by atoms with Gasteiger partial charge in [0.15, 0.2) is 15.0 Å². The van der Waals surface area contributed by atoms with E-state index in [1.807, 2.05) is 0 Å². The molecule has 0 aliphatic carbocycles. The highest BCUT2D eigenvalue weighted by molar-refractivity contribution is 8.16. The number of carbonyl (C=O) groups excluding carboxylic acids is 1. The number of rotatable bonds is 5. The van der Waals surface area contributed by atoms with Crippen molar-refractivity contribution >= 4 is 67.5 Å². The van der Waals surface area contributed by atoms with Gasteiger partial charge in [-0.2, -0.15) is 4.99 Å². The van der Waals surface area contributed by atoms with Gasteiger partial charge in [0, 0.05) is 18.1 Å². The normalized spacial score (nSPS) is 25.0. The van der Waals surface area contributed by atoms with Gasteiger partial charge in [-0.25, -0.2) is 8.42 Å². The topological polar surface area (TPSA) is 104 Å². The molecule has 1 aromatic rings. The van der Waals surface area contributed by atoms with Gasteiger partial charge in [0.25, 0.3) is 0 Å². The molecule has 0 aromatic heterocycles. The molecule has 1 aromatic carbocycles. The van der Waals surface area contributed by atoms with Crippen LogP contribution in [0.3, 0.4) is 0 Å². The second-order valence-corrected chi connectivity index (χ2v) is 10.4. The summed E-state index contributed by atoms with van der Waals surface area (Å²) in [6.45, 7) is 0. The zero-order chi connectivity index (χ0) is 19.8. The third-order valence-corrected chi connectivity index (χ3v) is 8.28. The van der Waals surface area contributed by atoms with Gasteiger partial charge in [-0.15, -0.1) is 0 Å². The van der Waals surface area contributed by atoms with E-state index in [0.717, 1.165) is 0 Å². The van der Waals surface area contributed by atoms with Crippen LogP contribution in [0.1, 0.15) is 19.3 Å². The number of halogens is 2. The lowest BCUT2D eigenvalue weighted by atomic mass is 10.2. The number of carboxylic acid groups (broad SMARTS) is 1. The zero-order valence-electron chi connectivity index (χ0n) is 14.0. The Bertz CT molecular complexity index is 919. The number of aliphatic imine (C=N–C) groups is 1. The molecular weight excluding hydrogens is 435 g/mol. The summed E-state index contributed by atoms with van der Waals surface area (Å²) in [6, 6.07) is 4.62. The molecule has 11 heteroatoms. The number of sulfone groups is 1. The predicted molar refractivity (Wildman–Crippen MR) is 107 cm³/mol. The first-order valence-corrected chi connectivity index (χ1v) is 11.6. The molecule has 3 rings (SSSR count). The van der Waals surface area contributed by atoms with Gasteiger partial charge < -0.3 is 10.0 Å². The van der Waals surface area contributed by atoms with E-state index < -0.39 is 21.7 Å². The number of carbonyl (C=O) groups is 2. The largest absolute Gasteiger partial charge is 0.481 e. The zero-order valence-corrected chi connectivity index (χ0v) is 17.1. The first-order chi connectivity index (χ1) is 12.7. The van der Waals surface area contributed by atoms with E-state index in [1.54, 1.807) is 23.1 Å². The smallest absolute Gasteiger partial charge is 0.303 e. The highest BCUT2D eigenvalue weighted by Crippen LogP contribution is 2.44. The highest BCUT2D eigenvalue weighted by Gasteiger charge is 2.49. The molecule has 146 valence electrons. The molecule has 0 bridgehead atoms. The molecule has 27 heavy (non-hydrogen) atoms. The van der Waals surface area contributed by atoms with Crippen molar-refractivity contribution in [1.82, 2.24) is 0 Å². The van der Waals surface area contributed by atoms with E-state index in [-0.39, 0.29) is 47.1 Å². The van der Waals surface area contributed by atoms with E-state index in [9.17, 15) is 18.0 Å². The fourth-order valence-corrected chi connectivity index (χ4v) is 7.39. The second-order valence-electron chi connectivity index (χ2n) is 6.28. The van der Waals surface area contributed by atoms with Crippen LogP contribution in [0.25, 0.3) is 0 Å². The third kappa shape index (κ3) is 4.59. The van der Waals surface area contributed by atoms with E-state index >= 15 is 0 Å². The van der Waals surface area contributed by atoms with Gasteiger partial charge in [-0.05, 0) is 18.6 Å². The molecule has 0 radical (unpaired) electrons. The molecule has 1 amide bonds. The molecule has 0 unspecified atom stereocenters. The minimum Gasteiger partial charge on any atom is -0.481 e. The molecule has 7 nitrogen and oxygen atoms in total. The Hall–Kier alpha value is -1.29. The van der Waals surface area contributed by atoms with Gasteiger partial charge in [-0.1, -0.05) is 41.0 Å². The number of thioether (sulfide) groups is 1. The Morgan fingerprint density at radius 1 is 1.26 bits per heavy atom. The Balaban J connectivity index is 1.91. The van der Waals surface area contributed by atoms with Crippen LogP contribution in [-0.2, 0) is 19.4 Å². The molecule has 2 aliphatic heterocycles. The summed E-state index contributed by atoms with van der Waals surface area (Å²) in [5.41, 5.74) is 0.498. The molecule has 2 atom stereocenters. The lowest BCUT2D eigenvalue weighted by Gasteiger charge is -2.25. The molecule has 2 fully saturated rings. The highest BCUT2D eigenvalue weighted by atomic mass is 35.5. The van der Waals surface area contributed by atoms with Crippen LogP contribution < -0.4 is 4.90 Å². The summed E-state index contributed by atoms with van der Waals surface area (Å²) < 4.78 is 24.1. The Kier molecular flexibility index (Phi) is 6.05. The van der Waals surface area contributed by atoms with Gasteiger partial charge >= 0.3 is 5.97 Å². The standard InChI is InChI=1S/C16H16Cl2N2O5S2/c17-9-3-1-4-10(15(9)18)20-11-7-27(24,25)8-12(11)26-16(20)19-13(21)5-2-6-14(22)23/h1,3-4,11-12H,2,5-8H2,(H,22,23)/t11-,12+/m1/s1. The summed E-state index contributed by atoms with van der Waals surface area (Å²) in [5, 5.41) is 9.36. The number of aliphatic carboxylic acids is 1. The monoisotopic (exact) mass is 450 g/mol. The third-order valence-electron chi connectivity index (χ3n) is 4.26. The van der Waals surface area contributed by atoms with E-state index in [1.165, 1.54) is 11.8 Å². The maximum Gasteiger partial charge on any atom is 0.303 e.